The fourth-order valence-electron chi connectivity index (χ4n) is 3.60. The van der Waals surface area contributed by atoms with E-state index in [1.54, 1.807) is 0 Å². The van der Waals surface area contributed by atoms with Gasteiger partial charge in [0.05, 0.1) is 25.9 Å². The third-order valence-corrected chi connectivity index (χ3v) is 5.15. The minimum Gasteiger partial charge on any atom is -0.379 e. The lowest BCUT2D eigenvalue weighted by atomic mass is 10.1. The third kappa shape index (κ3) is 6.79. The lowest BCUT2D eigenvalue weighted by Crippen LogP contribution is -2.38. The molecule has 0 bridgehead atoms. The fourth-order valence-corrected chi connectivity index (χ4v) is 3.60. The van der Waals surface area contributed by atoms with Crippen molar-refractivity contribution in [3.8, 4) is 0 Å². The van der Waals surface area contributed by atoms with Gasteiger partial charge in [-0.2, -0.15) is 0 Å². The van der Waals surface area contributed by atoms with Crippen LogP contribution in [-0.2, 0) is 22.6 Å². The average Bonchev–Trinajstić information content (AvgIpc) is 3.21. The average molecular weight is 375 g/mol. The van der Waals surface area contributed by atoms with Gasteiger partial charge in [-0.25, -0.2) is 4.99 Å². The van der Waals surface area contributed by atoms with Crippen LogP contribution in [0.4, 0.5) is 0 Å². The number of hydrogen-bond acceptors (Lipinski definition) is 4. The first-order valence-corrected chi connectivity index (χ1v) is 10.4. The number of aliphatic imine (C=N–C) groups is 1. The normalized spacial score (nSPS) is 21.4. The Morgan fingerprint density at radius 3 is 2.70 bits per heavy atom. The molecule has 0 radical (unpaired) electrons. The number of nitrogens with zero attached hydrogens (tertiary/aromatic N) is 2. The highest BCUT2D eigenvalue weighted by Crippen LogP contribution is 2.15. The molecule has 0 saturated carbocycles. The van der Waals surface area contributed by atoms with Crippen LogP contribution in [-0.4, -0.2) is 63.0 Å². The maximum Gasteiger partial charge on any atom is 0.191 e. The molecular weight excluding hydrogens is 340 g/mol. The highest BCUT2D eigenvalue weighted by atomic mass is 16.5. The van der Waals surface area contributed by atoms with Gasteiger partial charge in [0.15, 0.2) is 5.96 Å². The summed E-state index contributed by atoms with van der Waals surface area (Å²) in [4.78, 5) is 7.27. The summed E-state index contributed by atoms with van der Waals surface area (Å²) in [6.45, 7) is 10.1. The Bertz CT molecular complexity index is 581. The molecular formula is C21H34N4O2. The van der Waals surface area contributed by atoms with Crippen LogP contribution in [0.1, 0.15) is 37.3 Å². The molecule has 2 heterocycles. The third-order valence-electron chi connectivity index (χ3n) is 5.15. The molecule has 2 N–H and O–H groups in total. The molecule has 3 rings (SSSR count). The molecule has 1 aromatic carbocycles. The molecule has 0 amide bonds. The van der Waals surface area contributed by atoms with Gasteiger partial charge in [0.1, 0.15) is 0 Å². The van der Waals surface area contributed by atoms with Gasteiger partial charge in [-0.1, -0.05) is 24.3 Å². The molecule has 0 aliphatic carbocycles. The highest BCUT2D eigenvalue weighted by molar-refractivity contribution is 5.79. The molecule has 2 fully saturated rings. The molecule has 0 aromatic heterocycles. The molecule has 1 unspecified atom stereocenters. The zero-order chi connectivity index (χ0) is 18.7. The molecule has 2 saturated heterocycles. The van der Waals surface area contributed by atoms with E-state index >= 15 is 0 Å². The van der Waals surface area contributed by atoms with Gasteiger partial charge in [-0.3, -0.25) is 4.90 Å². The molecule has 0 spiro atoms. The van der Waals surface area contributed by atoms with Crippen molar-refractivity contribution in [2.45, 2.75) is 45.4 Å². The summed E-state index contributed by atoms with van der Waals surface area (Å²) >= 11 is 0. The fraction of sp³-hybridized carbons (Fsp3) is 0.667. The van der Waals surface area contributed by atoms with Crippen molar-refractivity contribution in [3.63, 3.8) is 0 Å². The van der Waals surface area contributed by atoms with E-state index in [1.807, 2.05) is 0 Å². The van der Waals surface area contributed by atoms with Gasteiger partial charge in [0.25, 0.3) is 0 Å². The van der Waals surface area contributed by atoms with Gasteiger partial charge < -0.3 is 20.1 Å². The minimum absolute atomic E-state index is 0.412. The SMILES string of the molecule is CCNC(=NCc1ccccc1CN1CCOCC1)NCCC1CCCO1. The second kappa shape index (κ2) is 11.3. The van der Waals surface area contributed by atoms with Crippen LogP contribution in [0.5, 0.6) is 0 Å². The van der Waals surface area contributed by atoms with Gasteiger partial charge in [0.2, 0.25) is 0 Å². The second-order valence-corrected chi connectivity index (χ2v) is 7.20. The second-order valence-electron chi connectivity index (χ2n) is 7.20. The van der Waals surface area contributed by atoms with Crippen molar-refractivity contribution in [1.29, 1.82) is 0 Å². The van der Waals surface area contributed by atoms with E-state index in [-0.39, 0.29) is 0 Å². The molecule has 1 aromatic rings. The van der Waals surface area contributed by atoms with E-state index in [2.05, 4.69) is 46.7 Å². The molecule has 6 heteroatoms. The van der Waals surface area contributed by atoms with E-state index in [4.69, 9.17) is 14.5 Å². The Kier molecular flexibility index (Phi) is 8.39. The predicted octanol–water partition coefficient (Wildman–Crippen LogP) is 2.14. The van der Waals surface area contributed by atoms with Crippen molar-refractivity contribution < 1.29 is 9.47 Å². The molecule has 1 atom stereocenters. The first-order valence-electron chi connectivity index (χ1n) is 10.4. The number of hydrogen-bond donors (Lipinski definition) is 2. The van der Waals surface area contributed by atoms with Crippen molar-refractivity contribution in [2.75, 3.05) is 46.0 Å². The highest BCUT2D eigenvalue weighted by Gasteiger charge is 2.15. The number of morpholine rings is 1. The summed E-state index contributed by atoms with van der Waals surface area (Å²) < 4.78 is 11.2. The number of benzene rings is 1. The van der Waals surface area contributed by atoms with Crippen molar-refractivity contribution >= 4 is 5.96 Å². The molecule has 2 aliphatic rings. The Morgan fingerprint density at radius 2 is 1.96 bits per heavy atom. The molecule has 27 heavy (non-hydrogen) atoms. The summed E-state index contributed by atoms with van der Waals surface area (Å²) in [5.74, 6) is 0.886. The van der Waals surface area contributed by atoms with E-state index in [1.165, 1.54) is 24.0 Å². The Hall–Kier alpha value is -1.63. The van der Waals surface area contributed by atoms with Crippen molar-refractivity contribution in [2.24, 2.45) is 4.99 Å². The maximum absolute atomic E-state index is 5.70. The van der Waals surface area contributed by atoms with Crippen molar-refractivity contribution in [1.82, 2.24) is 15.5 Å². The lowest BCUT2D eigenvalue weighted by molar-refractivity contribution is 0.0341. The predicted molar refractivity (Wildman–Crippen MR) is 109 cm³/mol. The van der Waals surface area contributed by atoms with Crippen molar-refractivity contribution in [3.05, 3.63) is 35.4 Å². The van der Waals surface area contributed by atoms with Gasteiger partial charge in [-0.05, 0) is 37.3 Å². The van der Waals surface area contributed by atoms with Crippen LogP contribution < -0.4 is 10.6 Å². The summed E-state index contributed by atoms with van der Waals surface area (Å²) in [5.41, 5.74) is 2.65. The standard InChI is InChI=1S/C21H34N4O2/c1-2-22-21(23-10-9-20-8-5-13-27-20)24-16-18-6-3-4-7-19(18)17-25-11-14-26-15-12-25/h3-4,6-7,20H,2,5,8-17H2,1H3,(H2,22,23,24). The Labute approximate surface area is 163 Å². The summed E-state index contributed by atoms with van der Waals surface area (Å²) in [6, 6.07) is 8.63. The van der Waals surface area contributed by atoms with Crippen LogP contribution in [0.3, 0.4) is 0 Å². The van der Waals surface area contributed by atoms with Crippen LogP contribution >= 0.6 is 0 Å². The first-order chi connectivity index (χ1) is 13.3. The number of guanidine groups is 1. The van der Waals surface area contributed by atoms with E-state index in [0.29, 0.717) is 12.6 Å². The van der Waals surface area contributed by atoms with Crippen LogP contribution in [0.2, 0.25) is 0 Å². The maximum atomic E-state index is 5.70. The van der Waals surface area contributed by atoms with E-state index in [0.717, 1.165) is 64.9 Å². The van der Waals surface area contributed by atoms with Gasteiger partial charge >= 0.3 is 0 Å². The summed E-state index contributed by atoms with van der Waals surface area (Å²) in [5, 5.41) is 6.80. The molecule has 150 valence electrons. The monoisotopic (exact) mass is 374 g/mol. The van der Waals surface area contributed by atoms with Crippen LogP contribution in [0, 0.1) is 0 Å². The zero-order valence-electron chi connectivity index (χ0n) is 16.6. The minimum atomic E-state index is 0.412. The van der Waals surface area contributed by atoms with Gasteiger partial charge in [-0.15, -0.1) is 0 Å². The number of ether oxygens (including phenoxy) is 2. The van der Waals surface area contributed by atoms with E-state index in [9.17, 15) is 0 Å². The van der Waals surface area contributed by atoms with Crippen LogP contribution in [0.25, 0.3) is 0 Å². The Morgan fingerprint density at radius 1 is 1.15 bits per heavy atom. The smallest absolute Gasteiger partial charge is 0.191 e. The lowest BCUT2D eigenvalue weighted by Gasteiger charge is -2.27. The summed E-state index contributed by atoms with van der Waals surface area (Å²) in [6.07, 6.45) is 3.83. The molecule has 2 aliphatic heterocycles. The summed E-state index contributed by atoms with van der Waals surface area (Å²) in [7, 11) is 0. The number of nitrogens with one attached hydrogen (secondary N) is 2. The molecule has 6 nitrogen and oxygen atoms in total. The zero-order valence-corrected chi connectivity index (χ0v) is 16.6. The Balaban J connectivity index is 1.54. The topological polar surface area (TPSA) is 58.1 Å². The first kappa shape index (κ1) is 20.1. The van der Waals surface area contributed by atoms with Gasteiger partial charge in [0, 0.05) is 39.3 Å². The largest absolute Gasteiger partial charge is 0.379 e. The van der Waals surface area contributed by atoms with Crippen LogP contribution in [0.15, 0.2) is 29.3 Å². The quantitative estimate of drug-likeness (QED) is 0.539. The van der Waals surface area contributed by atoms with E-state index < -0.39 is 0 Å². The number of rotatable bonds is 8.